The monoisotopic (exact) mass is 459 g/mol. The number of benzene rings is 1. The molecule has 1 aromatic heterocycles. The Morgan fingerprint density at radius 3 is 2.26 bits per heavy atom. The van der Waals surface area contributed by atoms with Crippen molar-refractivity contribution in [3.63, 3.8) is 0 Å². The molecule has 1 heterocycles. The summed E-state index contributed by atoms with van der Waals surface area (Å²) in [5.41, 5.74) is 8.96. The third kappa shape index (κ3) is 5.90. The van der Waals surface area contributed by atoms with Crippen LogP contribution in [0.1, 0.15) is 86.4 Å². The van der Waals surface area contributed by atoms with Crippen molar-refractivity contribution in [3.05, 3.63) is 78.7 Å². The number of rotatable bonds is 13. The highest BCUT2D eigenvalue weighted by molar-refractivity contribution is 5.84. The van der Waals surface area contributed by atoms with Crippen LogP contribution in [-0.2, 0) is 6.54 Å². The molecule has 34 heavy (non-hydrogen) atoms. The quantitative estimate of drug-likeness (QED) is 0.160. The van der Waals surface area contributed by atoms with E-state index in [1.165, 1.54) is 51.3 Å². The Hall–Kier alpha value is -2.61. The molecule has 0 N–H and O–H groups in total. The van der Waals surface area contributed by atoms with Crippen molar-refractivity contribution in [2.75, 3.05) is 0 Å². The number of hydrogen-bond acceptors (Lipinski definition) is 0. The summed E-state index contributed by atoms with van der Waals surface area (Å²) in [7, 11) is 0. The van der Waals surface area contributed by atoms with Crippen LogP contribution in [0.2, 0.25) is 0 Å². The van der Waals surface area contributed by atoms with E-state index in [0.717, 1.165) is 32.2 Å². The zero-order valence-electron chi connectivity index (χ0n) is 22.9. The van der Waals surface area contributed by atoms with Crippen LogP contribution in [0.4, 0.5) is 0 Å². The van der Waals surface area contributed by atoms with Gasteiger partial charge in [0, 0.05) is 6.42 Å². The maximum Gasteiger partial charge on any atom is 0.294 e. The molecule has 1 aromatic carbocycles. The number of fused-ring (bicyclic) bond motifs is 1. The van der Waals surface area contributed by atoms with Gasteiger partial charge in [-0.1, -0.05) is 104 Å². The van der Waals surface area contributed by atoms with E-state index in [4.69, 9.17) is 0 Å². The van der Waals surface area contributed by atoms with E-state index < -0.39 is 0 Å². The topological polar surface area (TPSA) is 8.81 Å². The molecule has 0 spiro atoms. The first-order valence-electron chi connectivity index (χ1n) is 13.1. The minimum absolute atomic E-state index is 0.392. The molecule has 0 saturated heterocycles. The van der Waals surface area contributed by atoms with Crippen LogP contribution in [0, 0.1) is 11.8 Å². The van der Waals surface area contributed by atoms with Gasteiger partial charge in [-0.25, -0.2) is 4.57 Å². The molecule has 0 unspecified atom stereocenters. The van der Waals surface area contributed by atoms with Crippen LogP contribution < -0.4 is 4.57 Å². The Kier molecular flexibility index (Phi) is 10.4. The average Bonchev–Trinajstić information content (AvgIpc) is 3.11. The van der Waals surface area contributed by atoms with Crippen LogP contribution in [-0.4, -0.2) is 4.57 Å². The van der Waals surface area contributed by atoms with Crippen molar-refractivity contribution < 1.29 is 4.57 Å². The van der Waals surface area contributed by atoms with Crippen molar-refractivity contribution >= 4 is 22.3 Å². The molecule has 2 heteroatoms. The van der Waals surface area contributed by atoms with E-state index in [2.05, 4.69) is 108 Å². The molecule has 184 valence electrons. The Balaban J connectivity index is 3.03. The Morgan fingerprint density at radius 2 is 1.74 bits per heavy atom. The summed E-state index contributed by atoms with van der Waals surface area (Å²) in [6.45, 7) is 29.6. The van der Waals surface area contributed by atoms with Gasteiger partial charge in [-0.3, -0.25) is 0 Å². The maximum absolute atomic E-state index is 4.51. The molecule has 0 bridgehead atoms. The number of nitrogens with zero attached hydrogens (tertiary/aromatic N) is 2. The van der Waals surface area contributed by atoms with Crippen molar-refractivity contribution in [2.24, 2.45) is 11.8 Å². The molecule has 0 aliphatic rings. The summed E-state index contributed by atoms with van der Waals surface area (Å²) in [5.74, 6) is 2.24. The van der Waals surface area contributed by atoms with Crippen LogP contribution >= 0.6 is 0 Å². The van der Waals surface area contributed by atoms with Crippen molar-refractivity contribution in [2.45, 2.75) is 87.1 Å². The number of para-hydroxylation sites is 2. The zero-order valence-corrected chi connectivity index (χ0v) is 22.9. The molecule has 0 amide bonds. The van der Waals surface area contributed by atoms with Gasteiger partial charge in [0.05, 0.1) is 5.57 Å². The van der Waals surface area contributed by atoms with Crippen LogP contribution in [0.25, 0.3) is 22.3 Å². The Bertz CT molecular complexity index is 1090. The minimum Gasteiger partial charge on any atom is -0.219 e. The Morgan fingerprint density at radius 1 is 1.06 bits per heavy atom. The van der Waals surface area contributed by atoms with Gasteiger partial charge in [-0.2, -0.15) is 4.57 Å². The van der Waals surface area contributed by atoms with E-state index in [1.807, 2.05) is 6.08 Å². The second kappa shape index (κ2) is 12.7. The lowest BCUT2D eigenvalue weighted by Gasteiger charge is -2.16. The summed E-state index contributed by atoms with van der Waals surface area (Å²) < 4.78 is 4.96. The first-order valence-corrected chi connectivity index (χ1v) is 13.1. The smallest absolute Gasteiger partial charge is 0.219 e. The lowest BCUT2D eigenvalue weighted by molar-refractivity contribution is -0.666. The largest absolute Gasteiger partial charge is 0.294 e. The van der Waals surface area contributed by atoms with E-state index in [1.54, 1.807) is 0 Å². The first kappa shape index (κ1) is 27.6. The molecule has 0 saturated carbocycles. The third-order valence-electron chi connectivity index (χ3n) is 6.91. The van der Waals surface area contributed by atoms with Gasteiger partial charge in [0.25, 0.3) is 5.82 Å². The molecule has 0 aliphatic carbocycles. The lowest BCUT2D eigenvalue weighted by atomic mass is 9.98. The van der Waals surface area contributed by atoms with Crippen LogP contribution in [0.5, 0.6) is 0 Å². The van der Waals surface area contributed by atoms with Gasteiger partial charge >= 0.3 is 0 Å². The first-order chi connectivity index (χ1) is 16.2. The normalized spacial score (nSPS) is 14.1. The molecular formula is C32H47N2+. The number of allylic oxidation sites excluding steroid dienone is 7. The lowest BCUT2D eigenvalue weighted by Crippen LogP contribution is -2.39. The molecule has 2 rings (SSSR count). The fraction of sp³-hybridized carbons (Fsp3) is 0.469. The van der Waals surface area contributed by atoms with Crippen LogP contribution in [0.3, 0.4) is 0 Å². The van der Waals surface area contributed by atoms with Crippen LogP contribution in [0.15, 0.2) is 72.9 Å². The minimum atomic E-state index is 0.392. The predicted molar refractivity (Wildman–Crippen MR) is 152 cm³/mol. The second-order valence-electron chi connectivity index (χ2n) is 9.96. The fourth-order valence-corrected chi connectivity index (χ4v) is 5.00. The molecule has 0 aliphatic heterocycles. The van der Waals surface area contributed by atoms with E-state index in [9.17, 15) is 0 Å². The summed E-state index contributed by atoms with van der Waals surface area (Å²) in [4.78, 5) is 0. The molecule has 2 nitrogen and oxygen atoms in total. The van der Waals surface area contributed by atoms with Gasteiger partial charge in [0.15, 0.2) is 11.0 Å². The van der Waals surface area contributed by atoms with Gasteiger partial charge in [-0.05, 0) is 54.9 Å². The predicted octanol–water partition coefficient (Wildman–Crippen LogP) is 9.14. The van der Waals surface area contributed by atoms with E-state index in [-0.39, 0.29) is 0 Å². The summed E-state index contributed by atoms with van der Waals surface area (Å²) in [6.07, 6.45) is 9.42. The third-order valence-corrected chi connectivity index (χ3v) is 6.91. The average molecular weight is 460 g/mol. The highest BCUT2D eigenvalue weighted by Crippen LogP contribution is 2.33. The number of hydrogen-bond donors (Lipinski definition) is 0. The van der Waals surface area contributed by atoms with Gasteiger partial charge in [0.1, 0.15) is 12.2 Å². The number of aromatic nitrogens is 2. The molecule has 1 atom stereocenters. The van der Waals surface area contributed by atoms with Crippen molar-refractivity contribution in [1.82, 2.24) is 4.57 Å². The number of imidazole rings is 1. The summed E-state index contributed by atoms with van der Waals surface area (Å²) in [6, 6.07) is 8.79. The molecule has 2 aromatic rings. The van der Waals surface area contributed by atoms with Gasteiger partial charge in [-0.15, -0.1) is 0 Å². The van der Waals surface area contributed by atoms with E-state index in [0.29, 0.717) is 11.8 Å². The van der Waals surface area contributed by atoms with Crippen molar-refractivity contribution in [3.8, 4) is 0 Å². The van der Waals surface area contributed by atoms with Gasteiger partial charge < -0.3 is 0 Å². The zero-order chi connectivity index (χ0) is 25.4. The standard InChI is InChI=1S/C32H47N2/c1-11-18-26(10)28(14-4)32-33(22-25(9)21-24(8)12-2)30-19-16-17-20-31(30)34(32)29(15-5)27(13-3)23(6)7/h13-14,16-17,19-20,23-24H,3-4,9,11-12,15,18,21-22H2,1-2,5-8,10H3/q+1/b28-26-,29-27-/t24-/m1/s1. The second-order valence-corrected chi connectivity index (χ2v) is 9.96. The van der Waals surface area contributed by atoms with Crippen molar-refractivity contribution in [1.29, 1.82) is 0 Å². The fourth-order valence-electron chi connectivity index (χ4n) is 5.00. The Labute approximate surface area is 209 Å². The summed E-state index contributed by atoms with van der Waals surface area (Å²) in [5, 5.41) is 0. The molecule has 0 radical (unpaired) electrons. The SMILES string of the molecule is C=C/C(=C(\C)CCC)c1n(/C(CC)=C(/C=C)C(C)C)c2ccccc2[n+]1CC(=C)C[C@H](C)CC. The molecular weight excluding hydrogens is 412 g/mol. The highest BCUT2D eigenvalue weighted by Gasteiger charge is 2.31. The summed E-state index contributed by atoms with van der Waals surface area (Å²) >= 11 is 0. The van der Waals surface area contributed by atoms with Gasteiger partial charge in [0.2, 0.25) is 0 Å². The highest BCUT2D eigenvalue weighted by atomic mass is 15.2. The van der Waals surface area contributed by atoms with E-state index >= 15 is 0 Å². The molecule has 0 fully saturated rings. The maximum atomic E-state index is 4.51.